The van der Waals surface area contributed by atoms with Crippen LogP contribution in [0.1, 0.15) is 0 Å². The molecule has 108 valence electrons. The minimum absolute atomic E-state index is 0.661. The Morgan fingerprint density at radius 1 is 0.611 bits per heavy atom. The average Bonchev–Trinajstić information content (AvgIpc) is 1.92. The minimum Gasteiger partial charge on any atom is -0.416 e. The van der Waals surface area contributed by atoms with E-state index in [1.54, 1.807) is 0 Å². The van der Waals surface area contributed by atoms with Gasteiger partial charge in [0.2, 0.25) is 0 Å². The number of hydrogen-bond donors (Lipinski definition) is 0. The molecule has 0 unspecified atom stereocenters. The smallest absolute Gasteiger partial charge is 0.351 e. The van der Waals surface area contributed by atoms with Gasteiger partial charge in [-0.3, -0.25) is 0 Å². The third-order valence-corrected chi connectivity index (χ3v) is 20.5. The molecule has 0 aromatic carbocycles. The van der Waals surface area contributed by atoms with Gasteiger partial charge in [-0.15, -0.1) is 23.2 Å². The third-order valence-electron chi connectivity index (χ3n) is 2.28. The highest BCUT2D eigenvalue weighted by molar-refractivity contribution is 6.97. The Balaban J connectivity index is 3.10. The van der Waals surface area contributed by atoms with Crippen LogP contribution in [0.5, 0.6) is 0 Å². The predicted octanol–water partition coefficient (Wildman–Crippen LogP) is 3.59. The van der Waals surface area contributed by atoms with Crippen molar-refractivity contribution < 1.29 is 16.5 Å². The molecule has 1 rings (SSSR count). The summed E-state index contributed by atoms with van der Waals surface area (Å²) in [5.41, 5.74) is 0. The Morgan fingerprint density at radius 3 is 1.17 bits per heavy atom. The lowest BCUT2D eigenvalue weighted by Crippen LogP contribution is -2.67. The molecule has 4 nitrogen and oxygen atoms in total. The standard InChI is InChI=1S/C8H22Cl2O4Si4/c1-15(2)11-16(3,4)13-18(7,8(9)10)14-17(5,6)12-15/h8H,1-7H3. The first-order valence-corrected chi connectivity index (χ1v) is 17.6. The molecule has 10 heteroatoms. The van der Waals surface area contributed by atoms with Crippen molar-refractivity contribution in [3.63, 3.8) is 0 Å². The monoisotopic (exact) mass is 364 g/mol. The fourth-order valence-electron chi connectivity index (χ4n) is 2.33. The van der Waals surface area contributed by atoms with Gasteiger partial charge in [-0.1, -0.05) is 0 Å². The van der Waals surface area contributed by atoms with Gasteiger partial charge in [0.1, 0.15) is 4.46 Å². The highest BCUT2D eigenvalue weighted by Crippen LogP contribution is 2.34. The molecule has 1 aliphatic heterocycles. The Labute approximate surface area is 124 Å². The molecule has 1 fully saturated rings. The lowest BCUT2D eigenvalue weighted by Gasteiger charge is -2.47. The molecule has 0 N–H and O–H groups in total. The topological polar surface area (TPSA) is 36.9 Å². The molecule has 0 bridgehead atoms. The van der Waals surface area contributed by atoms with Crippen molar-refractivity contribution >= 4 is 57.4 Å². The first kappa shape index (κ1) is 17.3. The Kier molecular flexibility index (Phi) is 5.05. The molecule has 0 amide bonds. The van der Waals surface area contributed by atoms with Crippen molar-refractivity contribution in [1.82, 2.24) is 0 Å². The average molecular weight is 366 g/mol. The summed E-state index contributed by atoms with van der Waals surface area (Å²) < 4.78 is 24.0. The molecule has 18 heavy (non-hydrogen) atoms. The minimum atomic E-state index is -2.70. The molecule has 0 aliphatic carbocycles. The zero-order valence-electron chi connectivity index (χ0n) is 12.0. The maximum absolute atomic E-state index is 6.16. The number of rotatable bonds is 1. The molecule has 0 aromatic heterocycles. The molecule has 0 spiro atoms. The van der Waals surface area contributed by atoms with Crippen LogP contribution in [0.3, 0.4) is 0 Å². The maximum Gasteiger partial charge on any atom is 0.351 e. The number of hydrogen-bond acceptors (Lipinski definition) is 4. The fraction of sp³-hybridized carbons (Fsp3) is 1.00. The van der Waals surface area contributed by atoms with Crippen LogP contribution < -0.4 is 0 Å². The molecule has 1 aliphatic rings. The van der Waals surface area contributed by atoms with Gasteiger partial charge in [-0.25, -0.2) is 0 Å². The van der Waals surface area contributed by atoms with E-state index >= 15 is 0 Å². The third kappa shape index (κ3) is 4.68. The maximum atomic E-state index is 6.16. The van der Waals surface area contributed by atoms with Gasteiger partial charge < -0.3 is 16.5 Å². The van der Waals surface area contributed by atoms with Crippen molar-refractivity contribution in [3.8, 4) is 0 Å². The summed E-state index contributed by atoms with van der Waals surface area (Å²) in [5, 5.41) is 0. The highest BCUT2D eigenvalue weighted by Gasteiger charge is 2.55. The van der Waals surface area contributed by atoms with E-state index in [-0.39, 0.29) is 0 Å². The Bertz CT molecular complexity index is 302. The second-order valence-electron chi connectivity index (χ2n) is 5.92. The van der Waals surface area contributed by atoms with E-state index < -0.39 is 38.7 Å². The zero-order valence-corrected chi connectivity index (χ0v) is 17.5. The van der Waals surface area contributed by atoms with Crippen molar-refractivity contribution in [2.75, 3.05) is 0 Å². The van der Waals surface area contributed by atoms with E-state index in [0.717, 1.165) is 0 Å². The lowest BCUT2D eigenvalue weighted by molar-refractivity contribution is 0.236. The molecule has 1 saturated heterocycles. The number of halogens is 2. The van der Waals surface area contributed by atoms with Crippen LogP contribution in [0.4, 0.5) is 0 Å². The van der Waals surface area contributed by atoms with Crippen molar-refractivity contribution in [2.24, 2.45) is 0 Å². The summed E-state index contributed by atoms with van der Waals surface area (Å²) >= 11 is 12.1. The second kappa shape index (κ2) is 5.24. The molecule has 0 saturated carbocycles. The van der Waals surface area contributed by atoms with Gasteiger partial charge >= 0.3 is 34.2 Å². The van der Waals surface area contributed by atoms with Gasteiger partial charge in [0, 0.05) is 0 Å². The largest absolute Gasteiger partial charge is 0.416 e. The van der Waals surface area contributed by atoms with E-state index in [1.165, 1.54) is 0 Å². The number of alkyl halides is 2. The molecule has 0 radical (unpaired) electrons. The van der Waals surface area contributed by atoms with Crippen LogP contribution >= 0.6 is 23.2 Å². The van der Waals surface area contributed by atoms with Crippen LogP contribution in [-0.4, -0.2) is 38.7 Å². The summed E-state index contributed by atoms with van der Waals surface area (Å²) in [6.45, 7) is 13.9. The fourth-order valence-corrected chi connectivity index (χ4v) is 24.1. The van der Waals surface area contributed by atoms with Gasteiger partial charge in [-0.05, 0) is 45.8 Å². The van der Waals surface area contributed by atoms with Crippen LogP contribution in [0, 0.1) is 0 Å². The first-order valence-electron chi connectivity index (χ1n) is 5.86. The summed E-state index contributed by atoms with van der Waals surface area (Å²) in [4.78, 5) is 0. The van der Waals surface area contributed by atoms with Crippen LogP contribution in [-0.2, 0) is 16.5 Å². The summed E-state index contributed by atoms with van der Waals surface area (Å²) in [5.74, 6) is 0. The normalized spacial score (nSPS) is 29.7. The van der Waals surface area contributed by atoms with Crippen LogP contribution in [0.25, 0.3) is 0 Å². The van der Waals surface area contributed by atoms with Crippen LogP contribution in [0.2, 0.25) is 45.8 Å². The lowest BCUT2D eigenvalue weighted by atomic mass is 11.8. The van der Waals surface area contributed by atoms with E-state index in [4.69, 9.17) is 39.7 Å². The molecule has 0 atom stereocenters. The quantitative estimate of drug-likeness (QED) is 0.526. The summed E-state index contributed by atoms with van der Waals surface area (Å²) in [6.07, 6.45) is 0. The van der Waals surface area contributed by atoms with Gasteiger partial charge in [0.25, 0.3) is 0 Å². The van der Waals surface area contributed by atoms with E-state index in [1.807, 2.05) is 45.8 Å². The highest BCUT2D eigenvalue weighted by atomic mass is 35.5. The molecule has 1 heterocycles. The van der Waals surface area contributed by atoms with Crippen molar-refractivity contribution in [1.29, 1.82) is 0 Å². The molecule has 0 aromatic rings. The summed E-state index contributed by atoms with van der Waals surface area (Å²) in [6, 6.07) is 0. The molecular formula is C8H22Cl2O4Si4. The first-order chi connectivity index (χ1) is 7.77. The Hall–Kier alpha value is 1.29. The second-order valence-corrected chi connectivity index (χ2v) is 22.0. The zero-order chi connectivity index (χ0) is 14.4. The van der Waals surface area contributed by atoms with E-state index in [9.17, 15) is 0 Å². The van der Waals surface area contributed by atoms with Gasteiger partial charge in [0.15, 0.2) is 0 Å². The van der Waals surface area contributed by atoms with Crippen molar-refractivity contribution in [2.45, 2.75) is 50.3 Å². The van der Waals surface area contributed by atoms with E-state index in [0.29, 0.717) is 0 Å². The molecular weight excluding hydrogens is 343 g/mol. The van der Waals surface area contributed by atoms with Crippen molar-refractivity contribution in [3.05, 3.63) is 0 Å². The van der Waals surface area contributed by atoms with E-state index in [2.05, 4.69) is 0 Å². The van der Waals surface area contributed by atoms with Gasteiger partial charge in [-0.2, -0.15) is 0 Å². The summed E-state index contributed by atoms with van der Waals surface area (Å²) in [7, 11) is -9.62. The predicted molar refractivity (Wildman–Crippen MR) is 83.9 cm³/mol. The van der Waals surface area contributed by atoms with Crippen LogP contribution in [0.15, 0.2) is 0 Å². The Morgan fingerprint density at radius 2 is 0.889 bits per heavy atom. The SMILES string of the molecule is C[Si]1(C)O[Si](C)(C)O[Si](C)(C(Cl)Cl)O[Si](C)(C)O1. The van der Waals surface area contributed by atoms with Gasteiger partial charge in [0.05, 0.1) is 0 Å².